The van der Waals surface area contributed by atoms with Gasteiger partial charge in [0.2, 0.25) is 0 Å². The van der Waals surface area contributed by atoms with Gasteiger partial charge in [-0.25, -0.2) is 0 Å². The van der Waals surface area contributed by atoms with Gasteiger partial charge >= 0.3 is 0 Å². The summed E-state index contributed by atoms with van der Waals surface area (Å²) in [5.74, 6) is 0. The molecule has 0 saturated carbocycles. The first-order chi connectivity index (χ1) is 6.81. The van der Waals surface area contributed by atoms with Gasteiger partial charge in [-0.1, -0.05) is 25.1 Å². The molecule has 0 radical (unpaired) electrons. The van der Waals surface area contributed by atoms with Crippen LogP contribution in [-0.4, -0.2) is 6.29 Å². The van der Waals surface area contributed by atoms with Gasteiger partial charge in [-0.2, -0.15) is 0 Å². The number of unbranched alkanes of at least 4 members (excludes halogenated alkanes) is 1. The highest BCUT2D eigenvalue weighted by Crippen LogP contribution is 1.92. The van der Waals surface area contributed by atoms with Crippen LogP contribution in [0.5, 0.6) is 0 Å². The molecule has 0 saturated heterocycles. The molecule has 56 valence electrons. The number of carbonyl (C=O) groups is 1. The predicted molar refractivity (Wildman–Crippen MR) is 43.9 cm³/mol. The molecule has 0 heterocycles. The molecule has 0 fully saturated rings. The third-order valence-corrected chi connectivity index (χ3v) is 0.916. The normalized spacial score (nSPS) is 21.4. The van der Waals surface area contributed by atoms with Crippen molar-refractivity contribution in [3.8, 4) is 0 Å². The van der Waals surface area contributed by atoms with Crippen molar-refractivity contribution in [3.05, 3.63) is 24.3 Å². The monoisotopic (exact) mass is 143 g/mol. The van der Waals surface area contributed by atoms with Crippen LogP contribution in [0.3, 0.4) is 0 Å². The van der Waals surface area contributed by atoms with Gasteiger partial charge in [0.25, 0.3) is 0 Å². The van der Waals surface area contributed by atoms with Crippen molar-refractivity contribution in [1.29, 1.82) is 0 Å². The van der Waals surface area contributed by atoms with E-state index in [0.717, 1.165) is 6.08 Å². The van der Waals surface area contributed by atoms with E-state index in [1.54, 1.807) is 6.08 Å². The Morgan fingerprint density at radius 1 is 1.40 bits per heavy atom. The zero-order valence-electron chi connectivity index (χ0n) is 10.7. The van der Waals surface area contributed by atoms with E-state index in [4.69, 9.17) is 6.85 Å². The van der Waals surface area contributed by atoms with Crippen molar-refractivity contribution < 1.29 is 11.6 Å². The van der Waals surface area contributed by atoms with E-state index in [-0.39, 0.29) is 0 Å². The largest absolute Gasteiger partial charge is 0.299 e. The van der Waals surface area contributed by atoms with Gasteiger partial charge in [-0.3, -0.25) is 4.79 Å². The van der Waals surface area contributed by atoms with E-state index in [1.807, 2.05) is 0 Å². The molecule has 0 N–H and O–H groups in total. The average Bonchev–Trinajstić information content (AvgIpc) is 2.09. The topological polar surface area (TPSA) is 17.1 Å². The fraction of sp³-hybridized carbons (Fsp3) is 0.444. The Kier molecular flexibility index (Phi) is 2.86. The second-order valence-electron chi connectivity index (χ2n) is 1.69. The van der Waals surface area contributed by atoms with Crippen molar-refractivity contribution in [2.24, 2.45) is 0 Å². The number of rotatable bonds is 5. The third kappa shape index (κ3) is 7.15. The molecular weight excluding hydrogens is 124 g/mol. The first-order valence-corrected chi connectivity index (χ1v) is 3.09. The molecule has 0 aliphatic heterocycles. The van der Waals surface area contributed by atoms with Gasteiger partial charge in [0.1, 0.15) is 6.29 Å². The zero-order valence-corrected chi connectivity index (χ0v) is 5.71. The minimum atomic E-state index is -2.64. The first kappa shape index (κ1) is 3.51. The molecule has 1 heteroatoms. The van der Waals surface area contributed by atoms with Crippen LogP contribution in [0.25, 0.3) is 0 Å². The predicted octanol–water partition coefficient (Wildman–Crippen LogP) is 2.49. The summed E-state index contributed by atoms with van der Waals surface area (Å²) in [4.78, 5) is 9.89. The summed E-state index contributed by atoms with van der Waals surface area (Å²) < 4.78 is 35.3. The maximum absolute atomic E-state index is 9.89. The van der Waals surface area contributed by atoms with E-state index in [2.05, 4.69) is 0 Å². The lowest BCUT2D eigenvalue weighted by atomic mass is 10.2. The summed E-state index contributed by atoms with van der Waals surface area (Å²) in [5, 5.41) is 0. The van der Waals surface area contributed by atoms with Crippen LogP contribution in [0.4, 0.5) is 0 Å². The molecular formula is C9H14O. The zero-order chi connectivity index (χ0) is 11.9. The lowest BCUT2D eigenvalue weighted by molar-refractivity contribution is -0.104. The van der Waals surface area contributed by atoms with E-state index in [0.29, 0.717) is 19.1 Å². The third-order valence-electron chi connectivity index (χ3n) is 0.916. The second-order valence-corrected chi connectivity index (χ2v) is 1.69. The number of aldehydes is 1. The Bertz CT molecular complexity index is 252. The van der Waals surface area contributed by atoms with Gasteiger partial charge in [0.15, 0.2) is 0 Å². The molecule has 10 heavy (non-hydrogen) atoms. The number of hydrogen-bond donors (Lipinski definition) is 0. The van der Waals surface area contributed by atoms with Crippen molar-refractivity contribution >= 4 is 6.29 Å². The van der Waals surface area contributed by atoms with Crippen molar-refractivity contribution in [2.75, 3.05) is 0 Å². The molecule has 0 aromatic carbocycles. The molecule has 0 aromatic rings. The fourth-order valence-corrected chi connectivity index (χ4v) is 0.486. The quantitative estimate of drug-likeness (QED) is 0.250. The average molecular weight is 143 g/mol. The summed E-state index contributed by atoms with van der Waals surface area (Å²) in [5.41, 5.74) is 0. The Labute approximate surface area is 69.5 Å². The van der Waals surface area contributed by atoms with Crippen LogP contribution in [0.1, 0.15) is 32.9 Å². The maximum Gasteiger partial charge on any atom is 0.142 e. The highest BCUT2D eigenvalue weighted by molar-refractivity contribution is 5.64. The van der Waals surface area contributed by atoms with Gasteiger partial charge in [-0.05, 0) is 25.3 Å². The molecule has 0 spiro atoms. The Balaban J connectivity index is 4.06. The first-order valence-electron chi connectivity index (χ1n) is 5.59. The second kappa shape index (κ2) is 8.15. The van der Waals surface area contributed by atoms with Gasteiger partial charge in [-0.15, -0.1) is 0 Å². The number of hydrogen-bond acceptors (Lipinski definition) is 1. The summed E-state index contributed by atoms with van der Waals surface area (Å²) in [6.45, 7) is -2.64. The van der Waals surface area contributed by atoms with Gasteiger partial charge < -0.3 is 0 Å². The maximum atomic E-state index is 9.89. The fourth-order valence-electron chi connectivity index (χ4n) is 0.486. The van der Waals surface area contributed by atoms with E-state index in [1.165, 1.54) is 12.2 Å². The molecule has 0 aliphatic rings. The van der Waals surface area contributed by atoms with Gasteiger partial charge in [0, 0.05) is 6.85 Å². The van der Waals surface area contributed by atoms with Crippen LogP contribution in [0.2, 0.25) is 0 Å². The molecule has 0 rings (SSSR count). The molecule has 0 unspecified atom stereocenters. The van der Waals surface area contributed by atoms with Gasteiger partial charge in [0.05, 0.1) is 0 Å². The smallest absolute Gasteiger partial charge is 0.142 e. The summed E-state index contributed by atoms with van der Waals surface area (Å²) in [6.07, 6.45) is 4.99. The standard InChI is InChI=1S/C9H14O/c1-2-3-4-5-6-7-8-9-10/h3-4,7-9H,2,5-6H2,1H3/b4-3-,8-7+/i1D3,2D2. The summed E-state index contributed by atoms with van der Waals surface area (Å²) in [7, 11) is 0. The van der Waals surface area contributed by atoms with E-state index in [9.17, 15) is 4.79 Å². The van der Waals surface area contributed by atoms with Crippen LogP contribution in [-0.2, 0) is 4.79 Å². The number of allylic oxidation sites excluding steroid dienone is 4. The molecule has 1 nitrogen and oxygen atoms in total. The van der Waals surface area contributed by atoms with Crippen LogP contribution >= 0.6 is 0 Å². The molecule has 0 aliphatic carbocycles. The minimum absolute atomic E-state index is 0.514. The molecule has 0 amide bonds. The van der Waals surface area contributed by atoms with Crippen LogP contribution in [0, 0.1) is 0 Å². The molecule has 0 aromatic heterocycles. The molecule has 0 atom stereocenters. The highest BCUT2D eigenvalue weighted by atomic mass is 16.1. The van der Waals surface area contributed by atoms with Crippen LogP contribution in [0.15, 0.2) is 24.3 Å². The Hall–Kier alpha value is -0.850. The SMILES string of the molecule is [2H]C([2H])([2H])C([2H])([2H])/C=C\CC/C=C/C=O. The van der Waals surface area contributed by atoms with Crippen molar-refractivity contribution in [2.45, 2.75) is 26.1 Å². The Morgan fingerprint density at radius 3 is 2.90 bits per heavy atom. The lowest BCUT2D eigenvalue weighted by Gasteiger charge is -1.83. The van der Waals surface area contributed by atoms with Crippen molar-refractivity contribution in [1.82, 2.24) is 0 Å². The van der Waals surface area contributed by atoms with E-state index < -0.39 is 13.2 Å². The highest BCUT2D eigenvalue weighted by Gasteiger charge is 1.73. The Morgan fingerprint density at radius 2 is 2.20 bits per heavy atom. The lowest BCUT2D eigenvalue weighted by Crippen LogP contribution is -1.65. The minimum Gasteiger partial charge on any atom is -0.299 e. The summed E-state index contributed by atoms with van der Waals surface area (Å²) >= 11 is 0. The molecule has 0 bridgehead atoms. The van der Waals surface area contributed by atoms with E-state index >= 15 is 0 Å². The van der Waals surface area contributed by atoms with Crippen LogP contribution < -0.4 is 0 Å². The van der Waals surface area contributed by atoms with Crippen molar-refractivity contribution in [3.63, 3.8) is 0 Å². The number of carbonyl (C=O) groups excluding carboxylic acids is 1. The summed E-state index contributed by atoms with van der Waals surface area (Å²) in [6, 6.07) is 0.